The number of benzene rings is 1. The molecule has 0 bridgehead atoms. The Morgan fingerprint density at radius 3 is 2.67 bits per heavy atom. The molecule has 0 spiro atoms. The topological polar surface area (TPSA) is 103 Å². The first-order chi connectivity index (χ1) is 18.6. The summed E-state index contributed by atoms with van der Waals surface area (Å²) in [5, 5.41) is 10.8. The molecule has 1 aliphatic carbocycles. The highest BCUT2D eigenvalue weighted by Crippen LogP contribution is 2.53. The number of nitrogens with zero attached hydrogens (tertiary/aromatic N) is 5. The zero-order valence-electron chi connectivity index (χ0n) is 21.7. The molecule has 5 rings (SSSR count). The Morgan fingerprint density at radius 1 is 1.26 bits per heavy atom. The second-order valence-corrected chi connectivity index (χ2v) is 10.5. The lowest BCUT2D eigenvalue weighted by Gasteiger charge is -2.40. The number of halogens is 3. The Bertz CT molecular complexity index is 1520. The molecule has 3 unspecified atom stereocenters. The highest BCUT2D eigenvalue weighted by atomic mass is 35.5. The molecule has 12 heteroatoms. The first-order valence-corrected chi connectivity index (χ1v) is 12.9. The van der Waals surface area contributed by atoms with Crippen LogP contribution in [0.15, 0.2) is 47.7 Å². The van der Waals surface area contributed by atoms with Crippen LogP contribution in [-0.4, -0.2) is 51.4 Å². The molecule has 2 aromatic heterocycles. The molecule has 2 aliphatic rings. The minimum Gasteiger partial charge on any atom is -0.480 e. The van der Waals surface area contributed by atoms with Gasteiger partial charge in [-0.1, -0.05) is 48.3 Å². The van der Waals surface area contributed by atoms with E-state index in [1.165, 1.54) is 37.4 Å². The van der Waals surface area contributed by atoms with Gasteiger partial charge in [0.05, 0.1) is 54.9 Å². The van der Waals surface area contributed by atoms with E-state index in [1.807, 2.05) is 19.1 Å². The van der Waals surface area contributed by atoms with E-state index < -0.39 is 29.2 Å². The van der Waals surface area contributed by atoms with Gasteiger partial charge in [0.2, 0.25) is 5.88 Å². The van der Waals surface area contributed by atoms with Crippen molar-refractivity contribution in [3.63, 3.8) is 0 Å². The molecular weight excluding hydrogens is 548 g/mol. The molecule has 39 heavy (non-hydrogen) atoms. The van der Waals surface area contributed by atoms with E-state index in [0.29, 0.717) is 28.5 Å². The third-order valence-corrected chi connectivity index (χ3v) is 7.69. The van der Waals surface area contributed by atoms with E-state index >= 15 is 4.39 Å². The number of carbonyl (C=O) groups is 1. The molecule has 204 valence electrons. The van der Waals surface area contributed by atoms with Crippen LogP contribution in [0.3, 0.4) is 0 Å². The number of imidazole rings is 1. The normalized spacial score (nSPS) is 21.1. The molecule has 0 radical (unpaired) electrons. The molecular formula is C27H26Cl2FN5O4. The summed E-state index contributed by atoms with van der Waals surface area (Å²) in [5.74, 6) is -0.725. The monoisotopic (exact) mass is 573 g/mol. The number of rotatable bonds is 7. The third kappa shape index (κ3) is 4.36. The fraction of sp³-hybridized carbons (Fsp3) is 0.333. The number of hydrogen-bond acceptors (Lipinski definition) is 7. The summed E-state index contributed by atoms with van der Waals surface area (Å²) in [6.07, 6.45) is 7.48. The van der Waals surface area contributed by atoms with Crippen molar-refractivity contribution < 1.29 is 23.8 Å². The number of allylic oxidation sites excluding steroid dienone is 3. The number of aromatic nitrogens is 4. The Kier molecular flexibility index (Phi) is 7.13. The van der Waals surface area contributed by atoms with E-state index in [-0.39, 0.29) is 34.9 Å². The SMILES string of the molecule is COc1ncc(-c2nc3c(n2C(C)CO)C(C2(C)C=CC(Cl)=CC2)N(c2cccc(Cl)c2F)C3=O)c(OC)n1. The van der Waals surface area contributed by atoms with Crippen LogP contribution in [-0.2, 0) is 0 Å². The number of hydrogen-bond donors (Lipinski definition) is 1. The summed E-state index contributed by atoms with van der Waals surface area (Å²) in [6.45, 7) is 3.49. The zero-order chi connectivity index (χ0) is 28.1. The van der Waals surface area contributed by atoms with Crippen LogP contribution in [0, 0.1) is 11.2 Å². The third-order valence-electron chi connectivity index (χ3n) is 7.12. The number of ether oxygens (including phenoxy) is 2. The van der Waals surface area contributed by atoms with E-state index in [2.05, 4.69) is 9.97 Å². The van der Waals surface area contributed by atoms with Crippen LogP contribution in [0.25, 0.3) is 11.4 Å². The molecule has 3 aromatic rings. The van der Waals surface area contributed by atoms with Gasteiger partial charge in [-0.2, -0.15) is 4.98 Å². The number of aliphatic hydroxyl groups excluding tert-OH is 1. The highest BCUT2D eigenvalue weighted by Gasteiger charge is 2.52. The van der Waals surface area contributed by atoms with Crippen LogP contribution in [0.4, 0.5) is 10.1 Å². The summed E-state index contributed by atoms with van der Waals surface area (Å²) in [7, 11) is 2.88. The van der Waals surface area contributed by atoms with E-state index in [1.54, 1.807) is 23.6 Å². The number of fused-ring (bicyclic) bond motifs is 1. The first kappa shape index (κ1) is 27.1. The van der Waals surface area contributed by atoms with Crippen molar-refractivity contribution in [1.29, 1.82) is 0 Å². The second-order valence-electron chi connectivity index (χ2n) is 9.63. The number of anilines is 1. The summed E-state index contributed by atoms with van der Waals surface area (Å²) in [6, 6.07) is 3.36. The largest absolute Gasteiger partial charge is 0.480 e. The van der Waals surface area contributed by atoms with Crippen molar-refractivity contribution in [3.8, 4) is 23.3 Å². The second kappa shape index (κ2) is 10.3. The minimum absolute atomic E-state index is 0.0286. The Hall–Kier alpha value is -3.47. The highest BCUT2D eigenvalue weighted by molar-refractivity contribution is 6.31. The van der Waals surface area contributed by atoms with Crippen molar-refractivity contribution in [2.24, 2.45) is 5.41 Å². The van der Waals surface area contributed by atoms with Crippen LogP contribution in [0.5, 0.6) is 11.9 Å². The first-order valence-electron chi connectivity index (χ1n) is 12.2. The molecule has 3 atom stereocenters. The number of carbonyl (C=O) groups excluding carboxylic acids is 1. The van der Waals surface area contributed by atoms with Gasteiger partial charge in [0.15, 0.2) is 11.5 Å². The maximum Gasteiger partial charge on any atom is 0.319 e. The van der Waals surface area contributed by atoms with Gasteiger partial charge < -0.3 is 19.1 Å². The maximum atomic E-state index is 15.4. The molecule has 1 N–H and O–H groups in total. The van der Waals surface area contributed by atoms with Crippen molar-refractivity contribution in [3.05, 3.63) is 69.9 Å². The van der Waals surface area contributed by atoms with Gasteiger partial charge in [-0.05, 0) is 31.6 Å². The van der Waals surface area contributed by atoms with Gasteiger partial charge in [-0.3, -0.25) is 9.69 Å². The standard InChI is InChI=1S/C27H26Cl2FN5O4/c1-14(13-36)34-21-20(32-23(34)16-12-31-26(39-4)33-24(16)38-3)25(37)35(18-7-5-6-17(29)19(18)30)22(21)27(2)10-8-15(28)9-11-27/h5-10,12,14,22,36H,11,13H2,1-4H3. The average molecular weight is 574 g/mol. The summed E-state index contributed by atoms with van der Waals surface area (Å²) in [4.78, 5) is 28.7. The van der Waals surface area contributed by atoms with Crippen molar-refractivity contribution in [2.45, 2.75) is 32.4 Å². The van der Waals surface area contributed by atoms with Gasteiger partial charge in [-0.25, -0.2) is 14.4 Å². The van der Waals surface area contributed by atoms with Crippen molar-refractivity contribution in [2.75, 3.05) is 25.7 Å². The summed E-state index contributed by atoms with van der Waals surface area (Å²) in [5.41, 5.74) is 0.321. The molecule has 1 aromatic carbocycles. The zero-order valence-corrected chi connectivity index (χ0v) is 23.2. The lowest BCUT2D eigenvalue weighted by Crippen LogP contribution is -2.40. The number of methoxy groups -OCH3 is 2. The lowest BCUT2D eigenvalue weighted by atomic mass is 9.75. The predicted octanol–water partition coefficient (Wildman–Crippen LogP) is 5.49. The van der Waals surface area contributed by atoms with Crippen LogP contribution in [0.2, 0.25) is 5.02 Å². The Labute approximate surface area is 234 Å². The van der Waals surface area contributed by atoms with E-state index in [9.17, 15) is 9.90 Å². The number of amides is 1. The molecule has 0 saturated carbocycles. The molecule has 0 saturated heterocycles. The lowest BCUT2D eigenvalue weighted by molar-refractivity contribution is 0.0973. The fourth-order valence-corrected chi connectivity index (χ4v) is 5.46. The fourth-order valence-electron chi connectivity index (χ4n) is 5.15. The molecule has 1 aliphatic heterocycles. The Morgan fingerprint density at radius 2 is 2.03 bits per heavy atom. The number of aliphatic hydroxyl groups is 1. The van der Waals surface area contributed by atoms with Gasteiger partial charge in [0.1, 0.15) is 5.82 Å². The van der Waals surface area contributed by atoms with Gasteiger partial charge in [0, 0.05) is 16.6 Å². The van der Waals surface area contributed by atoms with Crippen LogP contribution >= 0.6 is 23.2 Å². The minimum atomic E-state index is -0.731. The quantitative estimate of drug-likeness (QED) is 0.398. The van der Waals surface area contributed by atoms with Crippen molar-refractivity contribution >= 4 is 34.8 Å². The molecule has 3 heterocycles. The van der Waals surface area contributed by atoms with E-state index in [0.717, 1.165) is 0 Å². The van der Waals surface area contributed by atoms with Gasteiger partial charge in [0.25, 0.3) is 5.91 Å². The molecule has 9 nitrogen and oxygen atoms in total. The predicted molar refractivity (Wildman–Crippen MR) is 145 cm³/mol. The van der Waals surface area contributed by atoms with Gasteiger partial charge in [-0.15, -0.1) is 0 Å². The maximum absolute atomic E-state index is 15.4. The Balaban J connectivity index is 1.80. The summed E-state index contributed by atoms with van der Waals surface area (Å²) >= 11 is 12.4. The van der Waals surface area contributed by atoms with Crippen LogP contribution < -0.4 is 14.4 Å². The smallest absolute Gasteiger partial charge is 0.319 e. The van der Waals surface area contributed by atoms with Gasteiger partial charge >= 0.3 is 6.01 Å². The molecule has 1 amide bonds. The van der Waals surface area contributed by atoms with Crippen molar-refractivity contribution in [1.82, 2.24) is 19.5 Å². The molecule has 0 fully saturated rings. The van der Waals surface area contributed by atoms with Crippen LogP contribution in [0.1, 0.15) is 48.5 Å². The average Bonchev–Trinajstić information content (AvgIpc) is 3.46. The van der Waals surface area contributed by atoms with E-state index in [4.69, 9.17) is 37.7 Å². The summed E-state index contributed by atoms with van der Waals surface area (Å²) < 4.78 is 27.8.